The second kappa shape index (κ2) is 6.58. The number of carbonyl (C=O) groups is 1. The lowest BCUT2D eigenvalue weighted by molar-refractivity contribution is -0.132. The maximum absolute atomic E-state index is 12.4. The zero-order valence-corrected chi connectivity index (χ0v) is 11.1. The van der Waals surface area contributed by atoms with Crippen LogP contribution in [0, 0.1) is 5.41 Å². The predicted molar refractivity (Wildman–Crippen MR) is 68.4 cm³/mol. The Morgan fingerprint density at radius 2 is 2.00 bits per heavy atom. The summed E-state index contributed by atoms with van der Waals surface area (Å²) in [4.78, 5) is 12.4. The molecule has 1 fully saturated rings. The molecule has 1 heterocycles. The molecule has 0 aliphatic carbocycles. The average Bonchev–Trinajstić information content (AvgIpc) is 2.44. The van der Waals surface area contributed by atoms with Gasteiger partial charge in [0.2, 0.25) is 5.91 Å². The molecule has 1 rings (SSSR count). The van der Waals surface area contributed by atoms with Gasteiger partial charge in [-0.05, 0) is 25.7 Å². The van der Waals surface area contributed by atoms with Crippen LogP contribution in [0.2, 0.25) is 0 Å². The molecule has 0 spiro atoms. The van der Waals surface area contributed by atoms with Crippen molar-refractivity contribution in [3.63, 3.8) is 0 Å². The molecule has 0 unspecified atom stereocenters. The van der Waals surface area contributed by atoms with E-state index in [9.17, 15) is 4.79 Å². The number of hydrogen-bond donors (Lipinski definition) is 3. The van der Waals surface area contributed by atoms with Crippen LogP contribution in [0.1, 0.15) is 39.5 Å². The fourth-order valence-corrected chi connectivity index (χ4v) is 2.23. The highest BCUT2D eigenvalue weighted by molar-refractivity contribution is 6.06. The first-order chi connectivity index (χ1) is 8.60. The number of ether oxygens (including phenoxy) is 1. The van der Waals surface area contributed by atoms with Crippen LogP contribution in [0.15, 0.2) is 5.16 Å². The summed E-state index contributed by atoms with van der Waals surface area (Å²) in [6.07, 6.45) is 2.64. The second-order valence-electron chi connectivity index (χ2n) is 4.67. The Hall–Kier alpha value is -1.30. The number of hydrogen-bond acceptors (Lipinski definition) is 4. The van der Waals surface area contributed by atoms with Crippen molar-refractivity contribution in [1.29, 1.82) is 0 Å². The van der Waals surface area contributed by atoms with Gasteiger partial charge in [-0.3, -0.25) is 4.79 Å². The van der Waals surface area contributed by atoms with Crippen molar-refractivity contribution in [2.75, 3.05) is 13.2 Å². The van der Waals surface area contributed by atoms with Gasteiger partial charge in [0.25, 0.3) is 0 Å². The molecule has 0 aromatic heterocycles. The zero-order chi connectivity index (χ0) is 13.6. The van der Waals surface area contributed by atoms with Crippen molar-refractivity contribution in [3.8, 4) is 0 Å². The van der Waals surface area contributed by atoms with E-state index < -0.39 is 5.41 Å². The van der Waals surface area contributed by atoms with E-state index in [4.69, 9.17) is 15.7 Å². The maximum Gasteiger partial charge on any atom is 0.234 e. The van der Waals surface area contributed by atoms with Crippen LogP contribution in [-0.4, -0.2) is 36.2 Å². The molecule has 0 bridgehead atoms. The molecule has 0 aromatic carbocycles. The van der Waals surface area contributed by atoms with Gasteiger partial charge in [0.05, 0.1) is 0 Å². The van der Waals surface area contributed by atoms with E-state index in [1.807, 2.05) is 13.8 Å². The first kappa shape index (κ1) is 14.8. The first-order valence-electron chi connectivity index (χ1n) is 6.47. The summed E-state index contributed by atoms with van der Waals surface area (Å²) in [7, 11) is 0. The number of amides is 1. The minimum Gasteiger partial charge on any atom is -0.409 e. The number of rotatable bonds is 5. The number of nitrogens with zero attached hydrogens (tertiary/aromatic N) is 1. The Morgan fingerprint density at radius 1 is 1.44 bits per heavy atom. The molecule has 1 aliphatic rings. The number of carbonyl (C=O) groups excluding carboxylic acids is 1. The smallest absolute Gasteiger partial charge is 0.234 e. The lowest BCUT2D eigenvalue weighted by Crippen LogP contribution is -2.54. The van der Waals surface area contributed by atoms with E-state index in [2.05, 4.69) is 10.5 Å². The van der Waals surface area contributed by atoms with Crippen LogP contribution in [-0.2, 0) is 9.53 Å². The molecule has 0 radical (unpaired) electrons. The summed E-state index contributed by atoms with van der Waals surface area (Å²) < 4.78 is 5.26. The van der Waals surface area contributed by atoms with E-state index in [-0.39, 0.29) is 17.8 Å². The fraction of sp³-hybridized carbons (Fsp3) is 0.833. The fourth-order valence-electron chi connectivity index (χ4n) is 2.23. The molecule has 1 amide bonds. The van der Waals surface area contributed by atoms with Crippen molar-refractivity contribution < 1.29 is 14.7 Å². The van der Waals surface area contributed by atoms with Gasteiger partial charge in [0.1, 0.15) is 5.41 Å². The molecule has 104 valence electrons. The number of amidine groups is 1. The highest BCUT2D eigenvalue weighted by atomic mass is 16.5. The van der Waals surface area contributed by atoms with Crippen LogP contribution in [0.25, 0.3) is 0 Å². The maximum atomic E-state index is 12.4. The van der Waals surface area contributed by atoms with E-state index in [1.165, 1.54) is 0 Å². The Balaban J connectivity index is 2.86. The molecule has 18 heavy (non-hydrogen) atoms. The minimum atomic E-state index is -0.921. The molecule has 6 heteroatoms. The molecule has 0 aromatic rings. The average molecular weight is 257 g/mol. The van der Waals surface area contributed by atoms with E-state index >= 15 is 0 Å². The Bertz CT molecular complexity index is 308. The highest BCUT2D eigenvalue weighted by Crippen LogP contribution is 2.31. The van der Waals surface area contributed by atoms with Crippen LogP contribution in [0.5, 0.6) is 0 Å². The summed E-state index contributed by atoms with van der Waals surface area (Å²) in [5.41, 5.74) is 4.80. The quantitative estimate of drug-likeness (QED) is 0.294. The molecule has 4 N–H and O–H groups in total. The standard InChI is InChI=1S/C12H23N3O3/c1-3-9(4-2)14-11(16)12(10(13)15-17)5-7-18-8-6-12/h9,17H,3-8H2,1-2H3,(H2,13,15)(H,14,16). The van der Waals surface area contributed by atoms with Crippen molar-refractivity contribution in [2.45, 2.75) is 45.6 Å². The number of nitrogens with two attached hydrogens (primary N) is 1. The van der Waals surface area contributed by atoms with Crippen molar-refractivity contribution in [2.24, 2.45) is 16.3 Å². The van der Waals surface area contributed by atoms with Gasteiger partial charge in [0, 0.05) is 19.3 Å². The molecular weight excluding hydrogens is 234 g/mol. The Morgan fingerprint density at radius 3 is 2.44 bits per heavy atom. The van der Waals surface area contributed by atoms with Crippen LogP contribution in [0.3, 0.4) is 0 Å². The molecule has 0 saturated carbocycles. The van der Waals surface area contributed by atoms with E-state index in [1.54, 1.807) is 0 Å². The van der Waals surface area contributed by atoms with Crippen molar-refractivity contribution >= 4 is 11.7 Å². The largest absolute Gasteiger partial charge is 0.409 e. The van der Waals surface area contributed by atoms with Crippen LogP contribution in [0.4, 0.5) is 0 Å². The molecular formula is C12H23N3O3. The third kappa shape index (κ3) is 2.93. The van der Waals surface area contributed by atoms with Gasteiger partial charge >= 0.3 is 0 Å². The third-order valence-corrected chi connectivity index (χ3v) is 3.70. The third-order valence-electron chi connectivity index (χ3n) is 3.70. The first-order valence-corrected chi connectivity index (χ1v) is 6.47. The zero-order valence-electron chi connectivity index (χ0n) is 11.1. The van der Waals surface area contributed by atoms with Gasteiger partial charge in [-0.1, -0.05) is 19.0 Å². The molecule has 6 nitrogen and oxygen atoms in total. The van der Waals surface area contributed by atoms with Gasteiger partial charge < -0.3 is 21.0 Å². The van der Waals surface area contributed by atoms with E-state index in [0.717, 1.165) is 12.8 Å². The highest BCUT2D eigenvalue weighted by Gasteiger charge is 2.44. The van der Waals surface area contributed by atoms with Crippen molar-refractivity contribution in [1.82, 2.24) is 5.32 Å². The summed E-state index contributed by atoms with van der Waals surface area (Å²) in [5.74, 6) is -0.177. The Kier molecular flexibility index (Phi) is 5.40. The summed E-state index contributed by atoms with van der Waals surface area (Å²) in [6.45, 7) is 4.95. The van der Waals surface area contributed by atoms with Crippen LogP contribution < -0.4 is 11.1 Å². The summed E-state index contributed by atoms with van der Waals surface area (Å²) in [6, 6.07) is 0.128. The second-order valence-corrected chi connectivity index (χ2v) is 4.67. The van der Waals surface area contributed by atoms with Gasteiger partial charge in [-0.2, -0.15) is 0 Å². The van der Waals surface area contributed by atoms with E-state index in [0.29, 0.717) is 26.1 Å². The molecule has 1 aliphatic heterocycles. The van der Waals surface area contributed by atoms with Gasteiger partial charge in [0.15, 0.2) is 5.84 Å². The minimum absolute atomic E-state index is 0.0192. The Labute approximate surface area is 108 Å². The normalized spacial score (nSPS) is 19.8. The molecule has 1 saturated heterocycles. The predicted octanol–water partition coefficient (Wildman–Crippen LogP) is 0.834. The van der Waals surface area contributed by atoms with Crippen molar-refractivity contribution in [3.05, 3.63) is 0 Å². The van der Waals surface area contributed by atoms with Crippen LogP contribution >= 0.6 is 0 Å². The van der Waals surface area contributed by atoms with Gasteiger partial charge in [-0.25, -0.2) is 0 Å². The summed E-state index contributed by atoms with van der Waals surface area (Å²) >= 11 is 0. The van der Waals surface area contributed by atoms with Gasteiger partial charge in [-0.15, -0.1) is 0 Å². The monoisotopic (exact) mass is 257 g/mol. The molecule has 0 atom stereocenters. The summed E-state index contributed by atoms with van der Waals surface area (Å²) in [5, 5.41) is 14.9. The SMILES string of the molecule is CCC(CC)NC(=O)C1(C(N)=NO)CCOCC1. The lowest BCUT2D eigenvalue weighted by atomic mass is 9.78. The number of oxime groups is 1. The lowest BCUT2D eigenvalue weighted by Gasteiger charge is -2.35. The topological polar surface area (TPSA) is 96.9 Å². The number of nitrogens with one attached hydrogen (secondary N) is 1.